The fraction of sp³-hybridized carbons (Fsp3) is 0.312. The molecule has 0 saturated heterocycles. The lowest BCUT2D eigenvalue weighted by Gasteiger charge is -2.07. The summed E-state index contributed by atoms with van der Waals surface area (Å²) in [4.78, 5) is 20.3. The molecule has 2 aromatic rings. The summed E-state index contributed by atoms with van der Waals surface area (Å²) in [6.07, 6.45) is 0.763. The van der Waals surface area contributed by atoms with Gasteiger partial charge in [0.05, 0.1) is 7.11 Å². The highest BCUT2D eigenvalue weighted by Gasteiger charge is 2.08. The molecule has 0 atom stereocenters. The van der Waals surface area contributed by atoms with E-state index in [0.717, 1.165) is 23.4 Å². The zero-order valence-corrected chi connectivity index (χ0v) is 12.5. The number of hydrogen-bond acceptors (Lipinski definition) is 4. The fourth-order valence-electron chi connectivity index (χ4n) is 2.04. The predicted octanol–water partition coefficient (Wildman–Crippen LogP) is 2.07. The van der Waals surface area contributed by atoms with E-state index in [1.807, 2.05) is 31.2 Å². The molecular formula is C16H19N3O2. The summed E-state index contributed by atoms with van der Waals surface area (Å²) >= 11 is 0. The first-order valence-electron chi connectivity index (χ1n) is 6.82. The van der Waals surface area contributed by atoms with Crippen molar-refractivity contribution in [2.24, 2.45) is 0 Å². The number of aryl methyl sites for hydroxylation is 2. The van der Waals surface area contributed by atoms with Gasteiger partial charge in [0, 0.05) is 12.2 Å². The van der Waals surface area contributed by atoms with Crippen molar-refractivity contribution in [3.63, 3.8) is 0 Å². The molecule has 0 spiro atoms. The molecule has 5 heteroatoms. The van der Waals surface area contributed by atoms with Crippen LogP contribution in [-0.2, 0) is 6.42 Å². The Morgan fingerprint density at radius 3 is 2.52 bits per heavy atom. The van der Waals surface area contributed by atoms with Gasteiger partial charge in [0.1, 0.15) is 17.3 Å². The van der Waals surface area contributed by atoms with Gasteiger partial charge in [0.25, 0.3) is 5.91 Å². The van der Waals surface area contributed by atoms with Crippen LogP contribution in [0.2, 0.25) is 0 Å². The Morgan fingerprint density at radius 2 is 1.90 bits per heavy atom. The zero-order valence-electron chi connectivity index (χ0n) is 12.5. The van der Waals surface area contributed by atoms with Gasteiger partial charge in [-0.2, -0.15) is 0 Å². The number of benzene rings is 1. The number of nitrogens with one attached hydrogen (secondary N) is 1. The number of methoxy groups -OCH3 is 1. The zero-order chi connectivity index (χ0) is 15.2. The van der Waals surface area contributed by atoms with Crippen LogP contribution in [0.15, 0.2) is 30.3 Å². The van der Waals surface area contributed by atoms with Crippen LogP contribution in [0.3, 0.4) is 0 Å². The minimum absolute atomic E-state index is 0.169. The first-order valence-corrected chi connectivity index (χ1v) is 6.82. The standard InChI is InChI=1S/C16H19N3O2/c1-11-10-15(19-12(2)18-11)16(20)17-9-8-13-4-6-14(21-3)7-5-13/h4-7,10H,8-9H2,1-3H3,(H,17,20). The molecule has 0 aliphatic rings. The van der Waals surface area contributed by atoms with Gasteiger partial charge in [0.15, 0.2) is 0 Å². The first-order chi connectivity index (χ1) is 10.1. The number of carbonyl (C=O) groups excluding carboxylic acids is 1. The molecule has 5 nitrogen and oxygen atoms in total. The number of aromatic nitrogens is 2. The van der Waals surface area contributed by atoms with E-state index < -0.39 is 0 Å². The topological polar surface area (TPSA) is 64.1 Å². The normalized spacial score (nSPS) is 10.2. The van der Waals surface area contributed by atoms with Crippen LogP contribution < -0.4 is 10.1 Å². The molecule has 0 unspecified atom stereocenters. The highest BCUT2D eigenvalue weighted by atomic mass is 16.5. The van der Waals surface area contributed by atoms with E-state index in [9.17, 15) is 4.79 Å². The number of rotatable bonds is 5. The van der Waals surface area contributed by atoms with Crippen molar-refractivity contribution in [3.8, 4) is 5.75 Å². The Kier molecular flexibility index (Phi) is 4.87. The van der Waals surface area contributed by atoms with Crippen molar-refractivity contribution in [1.29, 1.82) is 0 Å². The Balaban J connectivity index is 1.88. The first kappa shape index (κ1) is 15.0. The van der Waals surface area contributed by atoms with Gasteiger partial charge in [0.2, 0.25) is 0 Å². The van der Waals surface area contributed by atoms with Crippen LogP contribution in [0, 0.1) is 13.8 Å². The molecule has 1 aromatic heterocycles. The molecule has 1 N–H and O–H groups in total. The molecule has 0 fully saturated rings. The second kappa shape index (κ2) is 6.83. The largest absolute Gasteiger partial charge is 0.497 e. The Hall–Kier alpha value is -2.43. The van der Waals surface area contributed by atoms with E-state index in [0.29, 0.717) is 18.1 Å². The van der Waals surface area contributed by atoms with E-state index >= 15 is 0 Å². The molecule has 1 amide bonds. The maximum atomic E-state index is 12.0. The molecule has 0 aliphatic heterocycles. The Labute approximate surface area is 124 Å². The second-order valence-electron chi connectivity index (χ2n) is 4.80. The molecule has 0 radical (unpaired) electrons. The summed E-state index contributed by atoms with van der Waals surface area (Å²) in [5, 5.41) is 2.87. The maximum Gasteiger partial charge on any atom is 0.270 e. The van der Waals surface area contributed by atoms with Crippen molar-refractivity contribution in [3.05, 3.63) is 53.1 Å². The molecule has 21 heavy (non-hydrogen) atoms. The van der Waals surface area contributed by atoms with Gasteiger partial charge < -0.3 is 10.1 Å². The van der Waals surface area contributed by atoms with E-state index in [-0.39, 0.29) is 5.91 Å². The summed E-state index contributed by atoms with van der Waals surface area (Å²) in [5.74, 6) is 1.27. The lowest BCUT2D eigenvalue weighted by atomic mass is 10.1. The Morgan fingerprint density at radius 1 is 1.19 bits per heavy atom. The van der Waals surface area contributed by atoms with Gasteiger partial charge in [-0.25, -0.2) is 9.97 Å². The molecular weight excluding hydrogens is 266 g/mol. The van der Waals surface area contributed by atoms with Crippen LogP contribution in [0.1, 0.15) is 27.6 Å². The molecule has 1 aromatic carbocycles. The molecule has 1 heterocycles. The van der Waals surface area contributed by atoms with Crippen LogP contribution in [0.4, 0.5) is 0 Å². The van der Waals surface area contributed by atoms with Gasteiger partial charge >= 0.3 is 0 Å². The molecule has 0 aliphatic carbocycles. The van der Waals surface area contributed by atoms with Gasteiger partial charge in [-0.3, -0.25) is 4.79 Å². The highest BCUT2D eigenvalue weighted by molar-refractivity contribution is 5.92. The SMILES string of the molecule is COc1ccc(CCNC(=O)c2cc(C)nc(C)n2)cc1. The van der Waals surface area contributed by atoms with E-state index in [1.54, 1.807) is 20.1 Å². The number of hydrogen-bond donors (Lipinski definition) is 1. The fourth-order valence-corrected chi connectivity index (χ4v) is 2.04. The van der Waals surface area contributed by atoms with Gasteiger partial charge in [-0.1, -0.05) is 12.1 Å². The number of nitrogens with zero attached hydrogens (tertiary/aromatic N) is 2. The van der Waals surface area contributed by atoms with Crippen molar-refractivity contribution >= 4 is 5.91 Å². The lowest BCUT2D eigenvalue weighted by Crippen LogP contribution is -2.27. The third-order valence-electron chi connectivity index (χ3n) is 3.06. The van der Waals surface area contributed by atoms with E-state index in [2.05, 4.69) is 15.3 Å². The number of amides is 1. The summed E-state index contributed by atoms with van der Waals surface area (Å²) < 4.78 is 5.11. The maximum absolute atomic E-state index is 12.0. The number of carbonyl (C=O) groups is 1. The second-order valence-corrected chi connectivity index (χ2v) is 4.80. The summed E-state index contributed by atoms with van der Waals surface area (Å²) in [6, 6.07) is 9.49. The lowest BCUT2D eigenvalue weighted by molar-refractivity contribution is 0.0948. The van der Waals surface area contributed by atoms with E-state index in [1.165, 1.54) is 0 Å². The minimum Gasteiger partial charge on any atom is -0.497 e. The van der Waals surface area contributed by atoms with Crippen LogP contribution >= 0.6 is 0 Å². The quantitative estimate of drug-likeness (QED) is 0.913. The molecule has 2 rings (SSSR count). The van der Waals surface area contributed by atoms with Crippen LogP contribution in [0.5, 0.6) is 5.75 Å². The third-order valence-corrected chi connectivity index (χ3v) is 3.06. The summed E-state index contributed by atoms with van der Waals surface area (Å²) in [6.45, 7) is 4.19. The van der Waals surface area contributed by atoms with Crippen molar-refractivity contribution < 1.29 is 9.53 Å². The highest BCUT2D eigenvalue weighted by Crippen LogP contribution is 2.11. The molecule has 0 bridgehead atoms. The van der Waals surface area contributed by atoms with Gasteiger partial charge in [-0.05, 0) is 44.0 Å². The smallest absolute Gasteiger partial charge is 0.270 e. The molecule has 0 saturated carbocycles. The number of ether oxygens (including phenoxy) is 1. The summed E-state index contributed by atoms with van der Waals surface area (Å²) in [7, 11) is 1.64. The summed E-state index contributed by atoms with van der Waals surface area (Å²) in [5.41, 5.74) is 2.35. The van der Waals surface area contributed by atoms with E-state index in [4.69, 9.17) is 4.74 Å². The van der Waals surface area contributed by atoms with Crippen molar-refractivity contribution in [2.75, 3.05) is 13.7 Å². The minimum atomic E-state index is -0.169. The monoisotopic (exact) mass is 285 g/mol. The van der Waals surface area contributed by atoms with Crippen molar-refractivity contribution in [2.45, 2.75) is 20.3 Å². The third kappa shape index (κ3) is 4.27. The average molecular weight is 285 g/mol. The van der Waals surface area contributed by atoms with Crippen LogP contribution in [0.25, 0.3) is 0 Å². The van der Waals surface area contributed by atoms with Crippen molar-refractivity contribution in [1.82, 2.24) is 15.3 Å². The Bertz CT molecular complexity index is 604. The average Bonchev–Trinajstić information content (AvgIpc) is 2.47. The van der Waals surface area contributed by atoms with Crippen LogP contribution in [-0.4, -0.2) is 29.5 Å². The van der Waals surface area contributed by atoms with Gasteiger partial charge in [-0.15, -0.1) is 0 Å². The molecule has 110 valence electrons. The predicted molar refractivity (Wildman–Crippen MR) is 80.5 cm³/mol.